The number of hydrogen-bond acceptors (Lipinski definition) is 5. The van der Waals surface area contributed by atoms with Crippen LogP contribution in [0, 0.1) is 6.92 Å². The monoisotopic (exact) mass is 392 g/mol. The zero-order chi connectivity index (χ0) is 19.5. The summed E-state index contributed by atoms with van der Waals surface area (Å²) in [7, 11) is 0. The maximum absolute atomic E-state index is 12.8. The van der Waals surface area contributed by atoms with Crippen molar-refractivity contribution in [2.24, 2.45) is 0 Å². The predicted octanol–water partition coefficient (Wildman–Crippen LogP) is 4.65. The number of para-hydroxylation sites is 2. The van der Waals surface area contributed by atoms with Gasteiger partial charge < -0.3 is 9.30 Å². The van der Waals surface area contributed by atoms with Crippen LogP contribution in [-0.2, 0) is 13.2 Å². The van der Waals surface area contributed by atoms with Gasteiger partial charge >= 0.3 is 0 Å². The molecule has 0 radical (unpaired) electrons. The first kappa shape index (κ1) is 18.2. The molecule has 2 aromatic carbocycles. The van der Waals surface area contributed by atoms with Gasteiger partial charge in [0.2, 0.25) is 5.95 Å². The number of benzene rings is 2. The molecule has 0 aliphatic carbocycles. The van der Waals surface area contributed by atoms with Crippen LogP contribution in [0.1, 0.15) is 28.0 Å². The summed E-state index contributed by atoms with van der Waals surface area (Å²) < 4.78 is 7.77. The summed E-state index contributed by atoms with van der Waals surface area (Å²) in [5, 5.41) is 5.90. The molecule has 0 atom stereocenters. The van der Waals surface area contributed by atoms with Gasteiger partial charge in [0.15, 0.2) is 0 Å². The second-order valence-corrected chi connectivity index (χ2v) is 7.36. The molecule has 7 heteroatoms. The predicted molar refractivity (Wildman–Crippen MR) is 111 cm³/mol. The molecule has 1 N–H and O–H groups in total. The average Bonchev–Trinajstić information content (AvgIpc) is 3.29. The van der Waals surface area contributed by atoms with E-state index >= 15 is 0 Å². The van der Waals surface area contributed by atoms with E-state index in [2.05, 4.69) is 15.3 Å². The number of anilines is 1. The summed E-state index contributed by atoms with van der Waals surface area (Å²) in [6.07, 6.45) is 0. The topological polar surface area (TPSA) is 69.0 Å². The number of carbonyl (C=O) groups excluding carboxylic acids is 1. The Labute approximate surface area is 166 Å². The minimum absolute atomic E-state index is 0.222. The van der Waals surface area contributed by atoms with Gasteiger partial charge in [0.25, 0.3) is 5.91 Å². The van der Waals surface area contributed by atoms with Crippen molar-refractivity contribution in [3.8, 4) is 5.75 Å². The number of nitrogens with zero attached hydrogens (tertiary/aromatic N) is 3. The molecule has 0 fully saturated rings. The normalized spacial score (nSPS) is 10.9. The van der Waals surface area contributed by atoms with E-state index in [9.17, 15) is 4.79 Å². The van der Waals surface area contributed by atoms with Crippen molar-refractivity contribution in [1.29, 1.82) is 0 Å². The van der Waals surface area contributed by atoms with Gasteiger partial charge in [0, 0.05) is 17.5 Å². The number of rotatable bonds is 6. The minimum atomic E-state index is -0.222. The molecule has 6 nitrogen and oxygen atoms in total. The fraction of sp³-hybridized carbons (Fsp3) is 0.190. The number of thiazole rings is 1. The Kier molecular flexibility index (Phi) is 5.08. The second kappa shape index (κ2) is 7.82. The highest BCUT2D eigenvalue weighted by molar-refractivity contribution is 7.09. The molecule has 4 aromatic rings. The summed E-state index contributed by atoms with van der Waals surface area (Å²) in [4.78, 5) is 21.7. The SMILES string of the molecule is CCn1c(NC(=O)c2cccc(OCc3csc(C)n3)c2)nc2ccccc21. The van der Waals surface area contributed by atoms with E-state index in [1.54, 1.807) is 29.5 Å². The van der Waals surface area contributed by atoms with E-state index < -0.39 is 0 Å². The molecule has 142 valence electrons. The lowest BCUT2D eigenvalue weighted by atomic mass is 10.2. The van der Waals surface area contributed by atoms with Crippen LogP contribution in [0.3, 0.4) is 0 Å². The maximum Gasteiger partial charge on any atom is 0.258 e. The number of fused-ring (bicyclic) bond motifs is 1. The van der Waals surface area contributed by atoms with Crippen molar-refractivity contribution in [2.45, 2.75) is 27.0 Å². The van der Waals surface area contributed by atoms with Crippen LogP contribution < -0.4 is 10.1 Å². The molecule has 4 rings (SSSR count). The molecule has 0 bridgehead atoms. The highest BCUT2D eigenvalue weighted by Gasteiger charge is 2.14. The first-order chi connectivity index (χ1) is 13.6. The van der Waals surface area contributed by atoms with E-state index in [0.717, 1.165) is 21.7 Å². The van der Waals surface area contributed by atoms with Gasteiger partial charge in [-0.2, -0.15) is 0 Å². The van der Waals surface area contributed by atoms with Crippen LogP contribution in [0.4, 0.5) is 5.95 Å². The largest absolute Gasteiger partial charge is 0.487 e. The molecular formula is C21H20N4O2S. The van der Waals surface area contributed by atoms with Crippen LogP contribution >= 0.6 is 11.3 Å². The van der Waals surface area contributed by atoms with Crippen LogP contribution in [0.15, 0.2) is 53.9 Å². The van der Waals surface area contributed by atoms with Gasteiger partial charge in [0.1, 0.15) is 12.4 Å². The van der Waals surface area contributed by atoms with Crippen LogP contribution in [0.5, 0.6) is 5.75 Å². The number of ether oxygens (including phenoxy) is 1. The number of carbonyl (C=O) groups is 1. The molecule has 0 aliphatic heterocycles. The van der Waals surface area contributed by atoms with Gasteiger partial charge in [-0.15, -0.1) is 11.3 Å². The van der Waals surface area contributed by atoms with E-state index in [4.69, 9.17) is 4.74 Å². The summed E-state index contributed by atoms with van der Waals surface area (Å²) in [5.74, 6) is 0.945. The first-order valence-corrected chi connectivity index (χ1v) is 9.92. The number of imidazole rings is 1. The Morgan fingerprint density at radius 3 is 2.82 bits per heavy atom. The highest BCUT2D eigenvalue weighted by Crippen LogP contribution is 2.21. The van der Waals surface area contributed by atoms with E-state index in [0.29, 0.717) is 30.4 Å². The molecule has 2 heterocycles. The van der Waals surface area contributed by atoms with Gasteiger partial charge in [-0.3, -0.25) is 10.1 Å². The molecule has 0 saturated heterocycles. The second-order valence-electron chi connectivity index (χ2n) is 6.30. The maximum atomic E-state index is 12.8. The van der Waals surface area contributed by atoms with E-state index in [-0.39, 0.29) is 5.91 Å². The minimum Gasteiger partial charge on any atom is -0.487 e. The zero-order valence-electron chi connectivity index (χ0n) is 15.7. The molecule has 0 unspecified atom stereocenters. The Hall–Kier alpha value is -3.19. The molecule has 2 aromatic heterocycles. The number of nitrogens with one attached hydrogen (secondary N) is 1. The zero-order valence-corrected chi connectivity index (χ0v) is 16.5. The standard InChI is InChI=1S/C21H20N4O2S/c1-3-25-19-10-5-4-9-18(19)23-21(25)24-20(26)15-7-6-8-17(11-15)27-12-16-13-28-14(2)22-16/h4-11,13H,3,12H2,1-2H3,(H,23,24,26). The number of aromatic nitrogens is 3. The van der Waals surface area contributed by atoms with Crippen LogP contribution in [-0.4, -0.2) is 20.4 Å². The average molecular weight is 392 g/mol. The Bertz CT molecular complexity index is 1130. The molecule has 0 aliphatic rings. The number of amides is 1. The summed E-state index contributed by atoms with van der Waals surface area (Å²) in [6, 6.07) is 15.0. The highest BCUT2D eigenvalue weighted by atomic mass is 32.1. The fourth-order valence-corrected chi connectivity index (χ4v) is 3.62. The lowest BCUT2D eigenvalue weighted by molar-refractivity contribution is 0.102. The summed E-state index contributed by atoms with van der Waals surface area (Å²) in [5.41, 5.74) is 3.25. The summed E-state index contributed by atoms with van der Waals surface area (Å²) in [6.45, 7) is 5.08. The van der Waals surface area contributed by atoms with Crippen molar-refractivity contribution in [3.63, 3.8) is 0 Å². The van der Waals surface area contributed by atoms with Crippen molar-refractivity contribution in [3.05, 3.63) is 70.2 Å². The van der Waals surface area contributed by atoms with Gasteiger partial charge in [-0.25, -0.2) is 9.97 Å². The van der Waals surface area contributed by atoms with Crippen molar-refractivity contribution in [1.82, 2.24) is 14.5 Å². The molecule has 1 amide bonds. The van der Waals surface area contributed by atoms with Crippen molar-refractivity contribution < 1.29 is 9.53 Å². The van der Waals surface area contributed by atoms with Crippen molar-refractivity contribution in [2.75, 3.05) is 5.32 Å². The van der Waals surface area contributed by atoms with E-state index in [1.165, 1.54) is 0 Å². The summed E-state index contributed by atoms with van der Waals surface area (Å²) >= 11 is 1.59. The smallest absolute Gasteiger partial charge is 0.258 e. The number of aryl methyl sites for hydroxylation is 2. The molecular weight excluding hydrogens is 372 g/mol. The molecule has 28 heavy (non-hydrogen) atoms. The molecule has 0 saturated carbocycles. The Morgan fingerprint density at radius 1 is 1.18 bits per heavy atom. The third-order valence-corrected chi connectivity index (χ3v) is 5.17. The molecule has 0 spiro atoms. The van der Waals surface area contributed by atoms with Gasteiger partial charge in [-0.05, 0) is 44.2 Å². The Morgan fingerprint density at radius 2 is 2.04 bits per heavy atom. The first-order valence-electron chi connectivity index (χ1n) is 9.04. The third kappa shape index (κ3) is 3.75. The third-order valence-electron chi connectivity index (χ3n) is 4.35. The lowest BCUT2D eigenvalue weighted by Gasteiger charge is -2.09. The Balaban J connectivity index is 1.51. The van der Waals surface area contributed by atoms with Crippen molar-refractivity contribution >= 4 is 34.2 Å². The fourth-order valence-electron chi connectivity index (χ4n) is 3.02. The quantitative estimate of drug-likeness (QED) is 0.518. The van der Waals surface area contributed by atoms with Gasteiger partial charge in [-0.1, -0.05) is 18.2 Å². The number of hydrogen-bond donors (Lipinski definition) is 1. The van der Waals surface area contributed by atoms with Crippen LogP contribution in [0.25, 0.3) is 11.0 Å². The lowest BCUT2D eigenvalue weighted by Crippen LogP contribution is -2.15. The van der Waals surface area contributed by atoms with E-state index in [1.807, 2.05) is 54.1 Å². The van der Waals surface area contributed by atoms with Gasteiger partial charge in [0.05, 0.1) is 21.7 Å². The van der Waals surface area contributed by atoms with Crippen LogP contribution in [0.2, 0.25) is 0 Å².